The lowest BCUT2D eigenvalue weighted by atomic mass is 9.94. The minimum absolute atomic E-state index is 0. The highest BCUT2D eigenvalue weighted by molar-refractivity contribution is 6.10. The second-order valence-corrected chi connectivity index (χ2v) is 5.75. The number of ether oxygens (including phenoxy) is 1. The van der Waals surface area contributed by atoms with E-state index in [0.29, 0.717) is 6.54 Å². The Bertz CT molecular complexity index is 857. The molecule has 1 heterocycles. The number of ketones is 1. The Hall–Kier alpha value is -2.33. The molecule has 2 aromatic carbocycles. The number of Topliss-reactive ketones (excluding diaryl/α,β-unsaturated/α-hetero) is 1. The summed E-state index contributed by atoms with van der Waals surface area (Å²) in [6, 6.07) is 11.6. The zero-order valence-electron chi connectivity index (χ0n) is 14.0. The monoisotopic (exact) mass is 344 g/mol. The SMILES string of the molecule is COc1ccc(C(=O)C(C)Cn2ccnc2C)c2ccccc12.Cl. The Labute approximate surface area is 147 Å². The van der Waals surface area contributed by atoms with Crippen LogP contribution in [0, 0.1) is 12.8 Å². The number of methoxy groups -OCH3 is 1. The minimum atomic E-state index is -0.125. The first-order valence-corrected chi connectivity index (χ1v) is 7.69. The summed E-state index contributed by atoms with van der Waals surface area (Å²) in [5.74, 6) is 1.72. The van der Waals surface area contributed by atoms with Gasteiger partial charge in [0.25, 0.3) is 0 Å². The van der Waals surface area contributed by atoms with Crippen molar-refractivity contribution in [2.45, 2.75) is 20.4 Å². The van der Waals surface area contributed by atoms with Gasteiger partial charge >= 0.3 is 0 Å². The first-order valence-electron chi connectivity index (χ1n) is 7.69. The van der Waals surface area contributed by atoms with Gasteiger partial charge in [-0.05, 0) is 24.4 Å². The third kappa shape index (κ3) is 3.29. The van der Waals surface area contributed by atoms with Crippen molar-refractivity contribution in [1.82, 2.24) is 9.55 Å². The number of hydrogen-bond acceptors (Lipinski definition) is 3. The van der Waals surface area contributed by atoms with Gasteiger partial charge in [-0.1, -0.05) is 31.2 Å². The molecule has 126 valence electrons. The van der Waals surface area contributed by atoms with Crippen LogP contribution in [0.2, 0.25) is 0 Å². The van der Waals surface area contributed by atoms with Crippen LogP contribution in [-0.2, 0) is 6.54 Å². The molecule has 0 aliphatic carbocycles. The van der Waals surface area contributed by atoms with E-state index < -0.39 is 0 Å². The van der Waals surface area contributed by atoms with E-state index in [0.717, 1.165) is 27.9 Å². The third-order valence-corrected chi connectivity index (χ3v) is 4.21. The lowest BCUT2D eigenvalue weighted by Crippen LogP contribution is -2.18. The number of benzene rings is 2. The van der Waals surface area contributed by atoms with Gasteiger partial charge in [-0.2, -0.15) is 0 Å². The van der Waals surface area contributed by atoms with Crippen molar-refractivity contribution in [2.75, 3.05) is 7.11 Å². The van der Waals surface area contributed by atoms with Crippen molar-refractivity contribution in [2.24, 2.45) is 5.92 Å². The number of fused-ring (bicyclic) bond motifs is 1. The van der Waals surface area contributed by atoms with E-state index in [4.69, 9.17) is 4.74 Å². The number of hydrogen-bond donors (Lipinski definition) is 0. The largest absolute Gasteiger partial charge is 0.496 e. The van der Waals surface area contributed by atoms with Crippen LogP contribution >= 0.6 is 12.4 Å². The molecule has 0 saturated heterocycles. The van der Waals surface area contributed by atoms with E-state index in [-0.39, 0.29) is 24.1 Å². The number of imidazole rings is 1. The molecule has 0 aliphatic heterocycles. The fourth-order valence-corrected chi connectivity index (χ4v) is 2.90. The fourth-order valence-electron chi connectivity index (χ4n) is 2.90. The number of aryl methyl sites for hydroxylation is 1. The Morgan fingerprint density at radius 1 is 1.21 bits per heavy atom. The van der Waals surface area contributed by atoms with Crippen LogP contribution in [0.25, 0.3) is 10.8 Å². The van der Waals surface area contributed by atoms with Crippen LogP contribution in [0.3, 0.4) is 0 Å². The normalized spacial score (nSPS) is 11.8. The molecule has 1 aromatic heterocycles. The maximum absolute atomic E-state index is 12.9. The van der Waals surface area contributed by atoms with Crippen molar-refractivity contribution in [1.29, 1.82) is 0 Å². The maximum atomic E-state index is 12.9. The van der Waals surface area contributed by atoms with E-state index in [1.165, 1.54) is 0 Å². The second kappa shape index (κ2) is 7.49. The van der Waals surface area contributed by atoms with Crippen LogP contribution in [0.5, 0.6) is 5.75 Å². The summed E-state index contributed by atoms with van der Waals surface area (Å²) in [4.78, 5) is 17.1. The molecule has 0 spiro atoms. The number of nitrogens with zero attached hydrogens (tertiary/aromatic N) is 2. The Balaban J connectivity index is 0.00000208. The molecule has 4 nitrogen and oxygen atoms in total. The first-order chi connectivity index (χ1) is 11.1. The van der Waals surface area contributed by atoms with Crippen molar-refractivity contribution < 1.29 is 9.53 Å². The molecule has 3 rings (SSSR count). The second-order valence-electron chi connectivity index (χ2n) is 5.75. The lowest BCUT2D eigenvalue weighted by Gasteiger charge is -2.15. The van der Waals surface area contributed by atoms with E-state index in [9.17, 15) is 4.79 Å². The number of halogens is 1. The van der Waals surface area contributed by atoms with Crippen molar-refractivity contribution >= 4 is 29.0 Å². The molecule has 1 unspecified atom stereocenters. The van der Waals surface area contributed by atoms with E-state index in [2.05, 4.69) is 4.98 Å². The molecule has 0 amide bonds. The van der Waals surface area contributed by atoms with Crippen molar-refractivity contribution in [3.63, 3.8) is 0 Å². The standard InChI is InChI=1S/C19H20N2O2.ClH/c1-13(12-21-11-10-20-14(21)2)19(22)17-8-9-18(23-3)16-7-5-4-6-15(16)17;/h4-11,13H,12H2,1-3H3;1H. The number of rotatable bonds is 5. The zero-order chi connectivity index (χ0) is 16.4. The predicted molar refractivity (Wildman–Crippen MR) is 98.2 cm³/mol. The average Bonchev–Trinajstić information content (AvgIpc) is 2.98. The van der Waals surface area contributed by atoms with Gasteiger partial charge in [0.1, 0.15) is 11.6 Å². The first kappa shape index (κ1) is 18.0. The minimum Gasteiger partial charge on any atom is -0.496 e. The van der Waals surface area contributed by atoms with Gasteiger partial charge in [-0.25, -0.2) is 4.98 Å². The molecule has 0 N–H and O–H groups in total. The van der Waals surface area contributed by atoms with Gasteiger partial charge in [0, 0.05) is 35.8 Å². The molecule has 24 heavy (non-hydrogen) atoms. The van der Waals surface area contributed by atoms with Gasteiger partial charge in [0.15, 0.2) is 5.78 Å². The summed E-state index contributed by atoms with van der Waals surface area (Å²) in [6.07, 6.45) is 3.67. The summed E-state index contributed by atoms with van der Waals surface area (Å²) in [6.45, 7) is 4.53. The smallest absolute Gasteiger partial charge is 0.168 e. The molecule has 5 heteroatoms. The van der Waals surface area contributed by atoms with Crippen molar-refractivity contribution in [3.05, 3.63) is 60.2 Å². The number of carbonyl (C=O) groups is 1. The molecule has 0 fully saturated rings. The summed E-state index contributed by atoms with van der Waals surface area (Å²) < 4.78 is 7.41. The lowest BCUT2D eigenvalue weighted by molar-refractivity contribution is 0.0919. The van der Waals surface area contributed by atoms with Crippen molar-refractivity contribution in [3.8, 4) is 5.75 Å². The predicted octanol–water partition coefficient (Wildman–Crippen LogP) is 4.29. The fraction of sp³-hybridized carbons (Fsp3) is 0.263. The highest BCUT2D eigenvalue weighted by atomic mass is 35.5. The molecular weight excluding hydrogens is 324 g/mol. The Morgan fingerprint density at radius 2 is 1.92 bits per heavy atom. The molecule has 3 aromatic rings. The quantitative estimate of drug-likeness (QED) is 0.648. The Morgan fingerprint density at radius 3 is 2.54 bits per heavy atom. The third-order valence-electron chi connectivity index (χ3n) is 4.21. The van der Waals surface area contributed by atoms with Crippen LogP contribution in [0.4, 0.5) is 0 Å². The van der Waals surface area contributed by atoms with Gasteiger partial charge in [0.2, 0.25) is 0 Å². The summed E-state index contributed by atoms with van der Waals surface area (Å²) in [5.41, 5.74) is 0.742. The zero-order valence-corrected chi connectivity index (χ0v) is 14.8. The molecular formula is C19H21ClN2O2. The Kier molecular flexibility index (Phi) is 5.62. The van der Waals surface area contributed by atoms with E-state index >= 15 is 0 Å². The number of aromatic nitrogens is 2. The van der Waals surface area contributed by atoms with Crippen LogP contribution in [-0.4, -0.2) is 22.4 Å². The molecule has 1 atom stereocenters. The van der Waals surface area contributed by atoms with E-state index in [1.807, 2.05) is 61.0 Å². The summed E-state index contributed by atoms with van der Waals surface area (Å²) in [5, 5.41) is 1.90. The maximum Gasteiger partial charge on any atom is 0.168 e. The molecule has 0 saturated carbocycles. The van der Waals surface area contributed by atoms with Crippen LogP contribution < -0.4 is 4.74 Å². The van der Waals surface area contributed by atoms with Gasteiger partial charge in [-0.3, -0.25) is 4.79 Å². The molecule has 0 aliphatic rings. The van der Waals surface area contributed by atoms with Crippen LogP contribution in [0.15, 0.2) is 48.8 Å². The highest BCUT2D eigenvalue weighted by Crippen LogP contribution is 2.29. The van der Waals surface area contributed by atoms with E-state index in [1.54, 1.807) is 13.3 Å². The summed E-state index contributed by atoms with van der Waals surface area (Å²) >= 11 is 0. The topological polar surface area (TPSA) is 44.1 Å². The van der Waals surface area contributed by atoms with Gasteiger partial charge in [-0.15, -0.1) is 12.4 Å². The highest BCUT2D eigenvalue weighted by Gasteiger charge is 2.19. The number of carbonyl (C=O) groups excluding carboxylic acids is 1. The van der Waals surface area contributed by atoms with Gasteiger partial charge < -0.3 is 9.30 Å². The molecule has 0 bridgehead atoms. The van der Waals surface area contributed by atoms with Crippen LogP contribution in [0.1, 0.15) is 23.1 Å². The average molecular weight is 345 g/mol. The molecule has 0 radical (unpaired) electrons. The van der Waals surface area contributed by atoms with Gasteiger partial charge in [0.05, 0.1) is 7.11 Å². The summed E-state index contributed by atoms with van der Waals surface area (Å²) in [7, 11) is 1.65.